The van der Waals surface area contributed by atoms with E-state index in [1.54, 1.807) is 0 Å². The minimum Gasteiger partial charge on any atom is -0.477 e. The third-order valence-electron chi connectivity index (χ3n) is 4.80. The van der Waals surface area contributed by atoms with Crippen molar-refractivity contribution in [2.75, 3.05) is 6.61 Å². The van der Waals surface area contributed by atoms with Crippen LogP contribution in [0.4, 0.5) is 0 Å². The van der Waals surface area contributed by atoms with Crippen LogP contribution in [0.5, 0.6) is 5.88 Å². The van der Waals surface area contributed by atoms with Gasteiger partial charge in [0.1, 0.15) is 0 Å². The SMILES string of the molecule is c1cn(-c2cc(OCC3CC3)nc(C3CCCCC3)c2)cn1. The molecule has 2 aromatic rings. The molecule has 4 rings (SSSR count). The van der Waals surface area contributed by atoms with Crippen molar-refractivity contribution in [1.29, 1.82) is 0 Å². The highest BCUT2D eigenvalue weighted by atomic mass is 16.5. The molecule has 0 saturated heterocycles. The second-order valence-corrected chi connectivity index (χ2v) is 6.65. The summed E-state index contributed by atoms with van der Waals surface area (Å²) >= 11 is 0. The van der Waals surface area contributed by atoms with E-state index in [4.69, 9.17) is 9.72 Å². The van der Waals surface area contributed by atoms with E-state index in [0.717, 1.165) is 24.1 Å². The molecule has 0 N–H and O–H groups in total. The minimum absolute atomic E-state index is 0.584. The lowest BCUT2D eigenvalue weighted by atomic mass is 9.86. The van der Waals surface area contributed by atoms with E-state index < -0.39 is 0 Å². The average Bonchev–Trinajstić information content (AvgIpc) is 3.24. The van der Waals surface area contributed by atoms with Crippen molar-refractivity contribution in [2.24, 2.45) is 5.92 Å². The van der Waals surface area contributed by atoms with Gasteiger partial charge in [-0.25, -0.2) is 9.97 Å². The summed E-state index contributed by atoms with van der Waals surface area (Å²) in [5.74, 6) is 2.11. The summed E-state index contributed by atoms with van der Waals surface area (Å²) in [6, 6.07) is 4.25. The smallest absolute Gasteiger partial charge is 0.215 e. The maximum atomic E-state index is 5.96. The van der Waals surface area contributed by atoms with Gasteiger partial charge in [-0.2, -0.15) is 0 Å². The Balaban J connectivity index is 1.62. The Bertz CT molecular complexity index is 613. The van der Waals surface area contributed by atoms with Gasteiger partial charge in [0.25, 0.3) is 0 Å². The van der Waals surface area contributed by atoms with Crippen molar-refractivity contribution in [3.05, 3.63) is 36.5 Å². The zero-order valence-corrected chi connectivity index (χ0v) is 12.9. The van der Waals surface area contributed by atoms with Crippen LogP contribution in [0.25, 0.3) is 5.69 Å². The lowest BCUT2D eigenvalue weighted by molar-refractivity contribution is 0.286. The maximum Gasteiger partial charge on any atom is 0.215 e. The van der Waals surface area contributed by atoms with Crippen molar-refractivity contribution < 1.29 is 4.74 Å². The monoisotopic (exact) mass is 297 g/mol. The fourth-order valence-electron chi connectivity index (χ4n) is 3.24. The second-order valence-electron chi connectivity index (χ2n) is 6.65. The molecule has 0 unspecified atom stereocenters. The number of imidazole rings is 1. The van der Waals surface area contributed by atoms with Crippen LogP contribution in [0.3, 0.4) is 0 Å². The zero-order chi connectivity index (χ0) is 14.8. The number of pyridine rings is 1. The van der Waals surface area contributed by atoms with Crippen LogP contribution >= 0.6 is 0 Å². The molecule has 4 heteroatoms. The van der Waals surface area contributed by atoms with E-state index >= 15 is 0 Å². The molecule has 0 radical (unpaired) electrons. The van der Waals surface area contributed by atoms with Crippen LogP contribution in [0, 0.1) is 5.92 Å². The van der Waals surface area contributed by atoms with Gasteiger partial charge < -0.3 is 9.30 Å². The van der Waals surface area contributed by atoms with Gasteiger partial charge in [0.05, 0.1) is 18.6 Å². The highest BCUT2D eigenvalue weighted by Crippen LogP contribution is 2.34. The Morgan fingerprint density at radius 2 is 1.95 bits per heavy atom. The Labute approximate surface area is 131 Å². The van der Waals surface area contributed by atoms with E-state index in [9.17, 15) is 0 Å². The number of hydrogen-bond acceptors (Lipinski definition) is 3. The van der Waals surface area contributed by atoms with Gasteiger partial charge in [0.2, 0.25) is 5.88 Å². The summed E-state index contributed by atoms with van der Waals surface area (Å²) in [6.45, 7) is 0.810. The van der Waals surface area contributed by atoms with Crippen molar-refractivity contribution in [3.63, 3.8) is 0 Å². The molecule has 2 fully saturated rings. The third kappa shape index (κ3) is 3.16. The Kier molecular flexibility index (Phi) is 3.83. The molecule has 116 valence electrons. The second kappa shape index (κ2) is 6.11. The molecule has 2 aliphatic rings. The highest BCUT2D eigenvalue weighted by Gasteiger charge is 2.23. The van der Waals surface area contributed by atoms with E-state index in [1.165, 1.54) is 50.6 Å². The van der Waals surface area contributed by atoms with Crippen LogP contribution in [0.1, 0.15) is 56.6 Å². The van der Waals surface area contributed by atoms with Gasteiger partial charge in [0, 0.05) is 30.1 Å². The van der Waals surface area contributed by atoms with Crippen LogP contribution in [-0.2, 0) is 0 Å². The lowest BCUT2D eigenvalue weighted by Gasteiger charge is -2.22. The normalized spacial score (nSPS) is 19.3. The average molecular weight is 297 g/mol. The van der Waals surface area contributed by atoms with E-state index in [0.29, 0.717) is 5.92 Å². The molecule has 0 aromatic carbocycles. The Morgan fingerprint density at radius 1 is 1.09 bits per heavy atom. The van der Waals surface area contributed by atoms with Crippen molar-refractivity contribution in [3.8, 4) is 11.6 Å². The van der Waals surface area contributed by atoms with Gasteiger partial charge in [-0.1, -0.05) is 19.3 Å². The molecule has 4 nitrogen and oxygen atoms in total. The van der Waals surface area contributed by atoms with Gasteiger partial charge in [-0.05, 0) is 37.7 Å². The third-order valence-corrected chi connectivity index (χ3v) is 4.80. The van der Waals surface area contributed by atoms with Crippen molar-refractivity contribution in [1.82, 2.24) is 14.5 Å². The predicted molar refractivity (Wildman–Crippen MR) is 85.4 cm³/mol. The first-order valence-corrected chi connectivity index (χ1v) is 8.51. The summed E-state index contributed by atoms with van der Waals surface area (Å²) in [5, 5.41) is 0. The number of rotatable bonds is 5. The van der Waals surface area contributed by atoms with E-state index in [1.807, 2.05) is 29.4 Å². The summed E-state index contributed by atoms with van der Waals surface area (Å²) in [4.78, 5) is 8.97. The number of ether oxygens (including phenoxy) is 1. The summed E-state index contributed by atoms with van der Waals surface area (Å²) < 4.78 is 7.99. The van der Waals surface area contributed by atoms with Crippen LogP contribution in [0.2, 0.25) is 0 Å². The molecular formula is C18H23N3O. The van der Waals surface area contributed by atoms with Gasteiger partial charge >= 0.3 is 0 Å². The highest BCUT2D eigenvalue weighted by molar-refractivity contribution is 5.38. The van der Waals surface area contributed by atoms with Gasteiger partial charge in [0.15, 0.2) is 0 Å². The summed E-state index contributed by atoms with van der Waals surface area (Å²) in [5.41, 5.74) is 2.30. The number of hydrogen-bond donors (Lipinski definition) is 0. The molecule has 0 spiro atoms. The molecule has 2 saturated carbocycles. The van der Waals surface area contributed by atoms with Crippen molar-refractivity contribution in [2.45, 2.75) is 50.9 Å². The molecule has 0 amide bonds. The van der Waals surface area contributed by atoms with Crippen LogP contribution in [0.15, 0.2) is 30.9 Å². The molecule has 0 atom stereocenters. The first-order valence-electron chi connectivity index (χ1n) is 8.51. The zero-order valence-electron chi connectivity index (χ0n) is 12.9. The summed E-state index contributed by atoms with van der Waals surface area (Å²) in [6.07, 6.45) is 14.7. The number of nitrogens with zero attached hydrogens (tertiary/aromatic N) is 3. The largest absolute Gasteiger partial charge is 0.477 e. The first kappa shape index (κ1) is 13.8. The standard InChI is InChI=1S/C18H23N3O/c1-2-4-15(5-3-1)17-10-16(21-9-8-19-13-21)11-18(20-17)22-12-14-6-7-14/h8-11,13-15H,1-7,12H2. The molecule has 0 aliphatic heterocycles. The van der Waals surface area contributed by atoms with Crippen molar-refractivity contribution >= 4 is 0 Å². The topological polar surface area (TPSA) is 39.9 Å². The minimum atomic E-state index is 0.584. The van der Waals surface area contributed by atoms with Gasteiger partial charge in [-0.15, -0.1) is 0 Å². The van der Waals surface area contributed by atoms with Crippen LogP contribution < -0.4 is 4.74 Å². The maximum absolute atomic E-state index is 5.96. The summed E-state index contributed by atoms with van der Waals surface area (Å²) in [7, 11) is 0. The molecule has 22 heavy (non-hydrogen) atoms. The molecule has 0 bridgehead atoms. The van der Waals surface area contributed by atoms with Crippen LogP contribution in [-0.4, -0.2) is 21.1 Å². The fraction of sp³-hybridized carbons (Fsp3) is 0.556. The Morgan fingerprint density at radius 3 is 2.68 bits per heavy atom. The predicted octanol–water partition coefficient (Wildman–Crippen LogP) is 4.10. The molecule has 2 heterocycles. The first-order chi connectivity index (χ1) is 10.9. The van der Waals surface area contributed by atoms with E-state index in [-0.39, 0.29) is 0 Å². The Hall–Kier alpha value is -1.84. The quantitative estimate of drug-likeness (QED) is 0.834. The molecule has 2 aromatic heterocycles. The molecule has 2 aliphatic carbocycles. The fourth-order valence-corrected chi connectivity index (χ4v) is 3.24. The lowest BCUT2D eigenvalue weighted by Crippen LogP contribution is -2.09. The van der Waals surface area contributed by atoms with Gasteiger partial charge in [-0.3, -0.25) is 0 Å². The number of aromatic nitrogens is 3. The molecular weight excluding hydrogens is 274 g/mol. The van der Waals surface area contributed by atoms with E-state index in [2.05, 4.69) is 11.1 Å².